The molecule has 19 heavy (non-hydrogen) atoms. The number of ether oxygens (including phenoxy) is 1. The number of methoxy groups -OCH3 is 1. The Hall–Kier alpha value is -2.65. The van der Waals surface area contributed by atoms with E-state index >= 15 is 0 Å². The standard InChI is InChI=1S/C10H9N5O3S/c1-18-10(17)14-15-8(13)5(3-11)7(19-2)6(4-12)9(15)16/h13H2,1-2H3,(H,14,17). The molecule has 0 fully saturated rings. The van der Waals surface area contributed by atoms with Crippen LogP contribution in [0.3, 0.4) is 0 Å². The largest absolute Gasteiger partial charge is 0.452 e. The zero-order valence-electron chi connectivity index (χ0n) is 10.1. The van der Waals surface area contributed by atoms with Gasteiger partial charge in [-0.05, 0) is 6.26 Å². The molecule has 8 nitrogen and oxygen atoms in total. The van der Waals surface area contributed by atoms with Crippen molar-refractivity contribution in [2.24, 2.45) is 0 Å². The first-order valence-electron chi connectivity index (χ1n) is 4.79. The molecule has 3 N–H and O–H groups in total. The highest BCUT2D eigenvalue weighted by Gasteiger charge is 2.21. The zero-order valence-corrected chi connectivity index (χ0v) is 10.9. The van der Waals surface area contributed by atoms with Crippen molar-refractivity contribution in [3.05, 3.63) is 21.5 Å². The SMILES string of the molecule is COC(=O)Nn1c(N)c(C#N)c(SC)c(C#N)c1=O. The third-order valence-corrected chi connectivity index (χ3v) is 3.00. The van der Waals surface area contributed by atoms with Gasteiger partial charge in [-0.25, -0.2) is 10.2 Å². The summed E-state index contributed by atoms with van der Waals surface area (Å²) >= 11 is 1.05. The van der Waals surface area contributed by atoms with Crippen LogP contribution >= 0.6 is 11.8 Å². The van der Waals surface area contributed by atoms with Crippen LogP contribution in [0.5, 0.6) is 0 Å². The lowest BCUT2D eigenvalue weighted by Crippen LogP contribution is -2.37. The Morgan fingerprint density at radius 2 is 2.00 bits per heavy atom. The van der Waals surface area contributed by atoms with Crippen molar-refractivity contribution in [1.82, 2.24) is 4.68 Å². The molecule has 98 valence electrons. The number of anilines is 1. The van der Waals surface area contributed by atoms with Crippen molar-refractivity contribution in [3.63, 3.8) is 0 Å². The number of thioether (sulfide) groups is 1. The number of nitrogens with two attached hydrogens (primary N) is 1. The van der Waals surface area contributed by atoms with Crippen molar-refractivity contribution in [2.75, 3.05) is 24.5 Å². The highest BCUT2D eigenvalue weighted by atomic mass is 32.2. The molecule has 0 bridgehead atoms. The maximum absolute atomic E-state index is 12.0. The van der Waals surface area contributed by atoms with Gasteiger partial charge in [-0.15, -0.1) is 11.8 Å². The van der Waals surface area contributed by atoms with Crippen LogP contribution in [0.1, 0.15) is 11.1 Å². The minimum atomic E-state index is -0.946. The van der Waals surface area contributed by atoms with Gasteiger partial charge in [0.05, 0.1) is 12.0 Å². The van der Waals surface area contributed by atoms with E-state index in [1.807, 2.05) is 5.43 Å². The number of nitrogen functional groups attached to an aromatic ring is 1. The van der Waals surface area contributed by atoms with Gasteiger partial charge in [-0.3, -0.25) is 4.79 Å². The lowest BCUT2D eigenvalue weighted by molar-refractivity contribution is 0.183. The molecule has 1 heterocycles. The number of nitrogens with zero attached hydrogens (tertiary/aromatic N) is 3. The molecule has 0 unspecified atom stereocenters. The maximum atomic E-state index is 12.0. The average Bonchev–Trinajstić information content (AvgIpc) is 2.42. The summed E-state index contributed by atoms with van der Waals surface area (Å²) in [5.41, 5.74) is 6.53. The molecule has 1 rings (SSSR count). The molecule has 0 aromatic carbocycles. The van der Waals surface area contributed by atoms with Crippen molar-refractivity contribution in [1.29, 1.82) is 10.5 Å². The van der Waals surface area contributed by atoms with Gasteiger partial charge in [-0.2, -0.15) is 15.2 Å². The molecular weight excluding hydrogens is 270 g/mol. The van der Waals surface area contributed by atoms with Gasteiger partial charge in [0.1, 0.15) is 29.1 Å². The van der Waals surface area contributed by atoms with E-state index in [2.05, 4.69) is 4.74 Å². The number of nitriles is 2. The summed E-state index contributed by atoms with van der Waals surface area (Å²) in [6, 6.07) is 3.50. The molecule has 1 amide bonds. The van der Waals surface area contributed by atoms with E-state index in [0.29, 0.717) is 4.68 Å². The number of pyridine rings is 1. The summed E-state index contributed by atoms with van der Waals surface area (Å²) in [5, 5.41) is 18.0. The van der Waals surface area contributed by atoms with Gasteiger partial charge in [0.2, 0.25) is 0 Å². The Labute approximate surface area is 112 Å². The highest BCUT2D eigenvalue weighted by Crippen LogP contribution is 2.25. The van der Waals surface area contributed by atoms with Gasteiger partial charge in [-0.1, -0.05) is 0 Å². The first-order chi connectivity index (χ1) is 9.01. The molecule has 1 aromatic rings. The predicted octanol–water partition coefficient (Wildman–Crippen LogP) is 0.206. The number of carbonyl (C=O) groups excluding carboxylic acids is 1. The minimum absolute atomic E-state index is 0.0555. The Kier molecular flexibility index (Phi) is 4.40. The molecular formula is C10H9N5O3S. The Balaban J connectivity index is 3.69. The molecule has 0 radical (unpaired) electrons. The third kappa shape index (κ3) is 2.46. The third-order valence-electron chi connectivity index (χ3n) is 2.18. The maximum Gasteiger partial charge on any atom is 0.426 e. The Bertz CT molecular complexity index is 668. The molecule has 0 aliphatic heterocycles. The van der Waals surface area contributed by atoms with Crippen LogP contribution in [-0.2, 0) is 4.74 Å². The van der Waals surface area contributed by atoms with Crippen LogP contribution in [-0.4, -0.2) is 24.1 Å². The average molecular weight is 279 g/mol. The van der Waals surface area contributed by atoms with Crippen molar-refractivity contribution in [3.8, 4) is 12.1 Å². The van der Waals surface area contributed by atoms with E-state index in [1.165, 1.54) is 0 Å². The quantitative estimate of drug-likeness (QED) is 0.738. The molecule has 0 atom stereocenters. The van der Waals surface area contributed by atoms with Gasteiger partial charge in [0, 0.05) is 0 Å². The number of hydrogen-bond acceptors (Lipinski definition) is 7. The fourth-order valence-electron chi connectivity index (χ4n) is 1.33. The topological polar surface area (TPSA) is 134 Å². The molecule has 0 saturated carbocycles. The number of rotatable bonds is 2. The highest BCUT2D eigenvalue weighted by molar-refractivity contribution is 7.98. The number of hydrogen-bond donors (Lipinski definition) is 2. The number of amides is 1. The van der Waals surface area contributed by atoms with Crippen LogP contribution in [0.4, 0.5) is 10.6 Å². The molecule has 0 aliphatic rings. The molecule has 9 heteroatoms. The van der Waals surface area contributed by atoms with Gasteiger partial charge < -0.3 is 10.5 Å². The van der Waals surface area contributed by atoms with Crippen LogP contribution in [0.2, 0.25) is 0 Å². The summed E-state index contributed by atoms with van der Waals surface area (Å²) in [6.45, 7) is 0. The fourth-order valence-corrected chi connectivity index (χ4v) is 2.02. The van der Waals surface area contributed by atoms with Gasteiger partial charge >= 0.3 is 6.09 Å². The molecule has 0 aliphatic carbocycles. The van der Waals surface area contributed by atoms with Crippen molar-refractivity contribution < 1.29 is 9.53 Å². The first-order valence-corrected chi connectivity index (χ1v) is 6.01. The van der Waals surface area contributed by atoms with Gasteiger partial charge in [0.25, 0.3) is 5.56 Å². The second kappa shape index (κ2) is 5.80. The van der Waals surface area contributed by atoms with E-state index in [-0.39, 0.29) is 21.8 Å². The Morgan fingerprint density at radius 1 is 1.42 bits per heavy atom. The fraction of sp³-hybridized carbons (Fsp3) is 0.200. The minimum Gasteiger partial charge on any atom is -0.452 e. The predicted molar refractivity (Wildman–Crippen MR) is 68.1 cm³/mol. The Morgan fingerprint density at radius 3 is 2.42 bits per heavy atom. The lowest BCUT2D eigenvalue weighted by atomic mass is 10.2. The van der Waals surface area contributed by atoms with E-state index in [9.17, 15) is 9.59 Å². The molecule has 0 spiro atoms. The van der Waals surface area contributed by atoms with Crippen molar-refractivity contribution >= 4 is 23.7 Å². The first kappa shape index (κ1) is 14.4. The monoisotopic (exact) mass is 279 g/mol. The zero-order chi connectivity index (χ0) is 14.6. The molecule has 1 aromatic heterocycles. The normalized spacial score (nSPS) is 9.26. The van der Waals surface area contributed by atoms with E-state index in [0.717, 1.165) is 18.9 Å². The van der Waals surface area contributed by atoms with Crippen LogP contribution in [0.25, 0.3) is 0 Å². The molecule has 0 saturated heterocycles. The summed E-state index contributed by atoms with van der Waals surface area (Å²) in [7, 11) is 1.10. The second-order valence-corrected chi connectivity index (χ2v) is 3.95. The van der Waals surface area contributed by atoms with E-state index in [4.69, 9.17) is 16.3 Å². The van der Waals surface area contributed by atoms with E-state index in [1.54, 1.807) is 18.4 Å². The number of carbonyl (C=O) groups is 1. The lowest BCUT2D eigenvalue weighted by Gasteiger charge is -2.14. The summed E-state index contributed by atoms with van der Waals surface area (Å²) in [6.07, 6.45) is 0.659. The number of aromatic nitrogens is 1. The van der Waals surface area contributed by atoms with Gasteiger partial charge in [0.15, 0.2) is 0 Å². The van der Waals surface area contributed by atoms with Crippen LogP contribution in [0.15, 0.2) is 9.69 Å². The van der Waals surface area contributed by atoms with Crippen LogP contribution in [0, 0.1) is 22.7 Å². The summed E-state index contributed by atoms with van der Waals surface area (Å²) < 4.78 is 4.95. The van der Waals surface area contributed by atoms with Crippen LogP contribution < -0.4 is 16.7 Å². The smallest absolute Gasteiger partial charge is 0.426 e. The van der Waals surface area contributed by atoms with Crippen molar-refractivity contribution in [2.45, 2.75) is 4.90 Å². The second-order valence-electron chi connectivity index (χ2n) is 3.14. The number of nitrogens with one attached hydrogen (secondary N) is 1. The summed E-state index contributed by atoms with van der Waals surface area (Å²) in [4.78, 5) is 23.3. The summed E-state index contributed by atoms with van der Waals surface area (Å²) in [5.74, 6) is -0.263. The van der Waals surface area contributed by atoms with E-state index < -0.39 is 11.7 Å².